The van der Waals surface area contributed by atoms with Crippen LogP contribution in [0.5, 0.6) is 0 Å². The minimum Gasteiger partial charge on any atom is -0.477 e. The van der Waals surface area contributed by atoms with Gasteiger partial charge in [-0.2, -0.15) is 13.2 Å². The van der Waals surface area contributed by atoms with Crippen LogP contribution in [0.2, 0.25) is 0 Å². The Kier molecular flexibility index (Phi) is 7.02. The second-order valence-electron chi connectivity index (χ2n) is 7.25. The quantitative estimate of drug-likeness (QED) is 0.322. The summed E-state index contributed by atoms with van der Waals surface area (Å²) in [7, 11) is 0. The van der Waals surface area contributed by atoms with Crippen LogP contribution in [-0.4, -0.2) is 68.8 Å². The Morgan fingerprint density at radius 3 is 2.35 bits per heavy atom. The lowest BCUT2D eigenvalue weighted by Gasteiger charge is -2.47. The highest BCUT2D eigenvalue weighted by atomic mass is 32.2. The first-order valence-electron chi connectivity index (χ1n) is 9.58. The first-order valence-corrected chi connectivity index (χ1v) is 10.6. The molecule has 0 radical (unpaired) electrons. The molecule has 0 saturated carbocycles. The number of allylic oxidation sites excluding steroid dienone is 1. The molecule has 0 aliphatic carbocycles. The largest absolute Gasteiger partial charge is 0.490 e. The summed E-state index contributed by atoms with van der Waals surface area (Å²) in [6, 6.07) is 5.30. The number of carbonyl (C=O) groups is 4. The molecule has 1 aromatic rings. The van der Waals surface area contributed by atoms with Crippen molar-refractivity contribution in [2.45, 2.75) is 24.0 Å². The van der Waals surface area contributed by atoms with Crippen molar-refractivity contribution in [1.82, 2.24) is 4.90 Å². The molecule has 34 heavy (non-hydrogen) atoms. The number of hydrogen-bond donors (Lipinski definition) is 3. The molecule has 182 valence electrons. The number of β-lactam (4-membered cyclic amide) rings is 1. The fraction of sp³-hybridized carbons (Fsp3) is 0.300. The third kappa shape index (κ3) is 4.77. The average Bonchev–Trinajstić information content (AvgIpc) is 3.12. The molecule has 2 saturated heterocycles. The van der Waals surface area contributed by atoms with Crippen LogP contribution in [0.1, 0.15) is 6.42 Å². The molecule has 3 heterocycles. The van der Waals surface area contributed by atoms with E-state index in [1.165, 1.54) is 39.8 Å². The van der Waals surface area contributed by atoms with Crippen molar-refractivity contribution < 1.29 is 47.0 Å². The second kappa shape index (κ2) is 9.46. The maximum atomic E-state index is 14.0. The molecule has 0 aromatic heterocycles. The number of halogens is 4. The zero-order valence-corrected chi connectivity index (χ0v) is 17.9. The molecule has 14 heteroatoms. The molecular weight excluding hydrogens is 486 g/mol. The summed E-state index contributed by atoms with van der Waals surface area (Å²) in [5.41, 5.74) is 6.58. The number of para-hydroxylation sites is 1. The first-order chi connectivity index (χ1) is 15.8. The van der Waals surface area contributed by atoms with E-state index in [0.29, 0.717) is 29.9 Å². The number of anilines is 1. The molecule has 3 aliphatic heterocycles. The average molecular weight is 503 g/mol. The summed E-state index contributed by atoms with van der Waals surface area (Å²) in [6.07, 6.45) is -3.20. The lowest BCUT2D eigenvalue weighted by atomic mass is 10.0. The molecule has 9 nitrogen and oxygen atoms in total. The molecule has 4 rings (SSSR count). The number of aliphatic carboxylic acids is 2. The Balaban J connectivity index is 0.000000406. The minimum atomic E-state index is -5.08. The van der Waals surface area contributed by atoms with Gasteiger partial charge in [-0.15, -0.1) is 11.8 Å². The van der Waals surface area contributed by atoms with Gasteiger partial charge in [-0.1, -0.05) is 12.1 Å². The smallest absolute Gasteiger partial charge is 0.477 e. The topological polar surface area (TPSA) is 141 Å². The maximum absolute atomic E-state index is 14.0. The molecule has 0 bridgehead atoms. The number of carbonyl (C=O) groups excluding carboxylic acids is 2. The van der Waals surface area contributed by atoms with E-state index in [-0.39, 0.29) is 22.7 Å². The van der Waals surface area contributed by atoms with Gasteiger partial charge in [-0.3, -0.25) is 14.5 Å². The van der Waals surface area contributed by atoms with Crippen molar-refractivity contribution in [2.24, 2.45) is 5.73 Å². The van der Waals surface area contributed by atoms with Crippen molar-refractivity contribution in [1.29, 1.82) is 0 Å². The number of thioether (sulfide) groups is 1. The molecule has 4 N–H and O–H groups in total. The predicted molar refractivity (Wildman–Crippen MR) is 111 cm³/mol. The Bertz CT molecular complexity index is 1120. The normalized spacial score (nSPS) is 23.4. The number of nitrogens with two attached hydrogens (primary N) is 1. The maximum Gasteiger partial charge on any atom is 0.490 e. The molecule has 0 spiro atoms. The predicted octanol–water partition coefficient (Wildman–Crippen LogP) is 1.70. The van der Waals surface area contributed by atoms with Crippen molar-refractivity contribution in [3.8, 4) is 0 Å². The van der Waals surface area contributed by atoms with E-state index in [0.717, 1.165) is 0 Å². The number of rotatable bonds is 3. The van der Waals surface area contributed by atoms with Gasteiger partial charge in [0.25, 0.3) is 5.91 Å². The lowest BCUT2D eigenvalue weighted by molar-refractivity contribution is -0.192. The van der Waals surface area contributed by atoms with E-state index in [1.54, 1.807) is 12.1 Å². The summed E-state index contributed by atoms with van der Waals surface area (Å²) in [4.78, 5) is 47.8. The lowest BCUT2D eigenvalue weighted by Crippen LogP contribution is -2.68. The number of hydrogen-bond acceptors (Lipinski definition) is 6. The standard InChI is InChI=1S/C18H16FN3O4S.C2HF3O2/c19-11-3-1-2-4-12(11)21-6-5-9(15(21)23)7-10-8-27-17-13(20)16(24)22(17)14(10)18(25)26;3-2(4,5)1(6)7/h1-4,7,13,17H,5-6,8,20H2,(H,25,26);(H,6,7)/t13-,17-;/m1./s1. The van der Waals surface area contributed by atoms with Crippen LogP contribution in [0.3, 0.4) is 0 Å². The number of benzene rings is 1. The minimum absolute atomic E-state index is 0.130. The van der Waals surface area contributed by atoms with Gasteiger partial charge in [-0.25, -0.2) is 14.0 Å². The van der Waals surface area contributed by atoms with Gasteiger partial charge in [0.1, 0.15) is 22.9 Å². The van der Waals surface area contributed by atoms with Crippen molar-refractivity contribution in [2.75, 3.05) is 17.2 Å². The Labute approximate surface area is 193 Å². The van der Waals surface area contributed by atoms with Gasteiger partial charge < -0.3 is 20.8 Å². The zero-order chi connectivity index (χ0) is 25.4. The fourth-order valence-electron chi connectivity index (χ4n) is 3.51. The van der Waals surface area contributed by atoms with E-state index in [1.807, 2.05) is 0 Å². The molecule has 2 atom stereocenters. The van der Waals surface area contributed by atoms with Crippen LogP contribution >= 0.6 is 11.8 Å². The third-order valence-corrected chi connectivity index (χ3v) is 6.42. The van der Waals surface area contributed by atoms with Crippen LogP contribution in [0.25, 0.3) is 0 Å². The number of carboxylic acid groups (broad SMARTS) is 2. The van der Waals surface area contributed by atoms with E-state index in [9.17, 15) is 37.1 Å². The Morgan fingerprint density at radius 2 is 1.79 bits per heavy atom. The number of fused-ring (bicyclic) bond motifs is 1. The number of carboxylic acids is 2. The molecule has 0 unspecified atom stereocenters. The highest BCUT2D eigenvalue weighted by Gasteiger charge is 2.51. The summed E-state index contributed by atoms with van der Waals surface area (Å²) < 4.78 is 45.7. The van der Waals surface area contributed by atoms with Crippen molar-refractivity contribution >= 4 is 41.2 Å². The van der Waals surface area contributed by atoms with Crippen molar-refractivity contribution in [3.63, 3.8) is 0 Å². The fourth-order valence-corrected chi connectivity index (χ4v) is 4.76. The first kappa shape index (κ1) is 25.2. The van der Waals surface area contributed by atoms with E-state index in [4.69, 9.17) is 15.6 Å². The van der Waals surface area contributed by atoms with Gasteiger partial charge in [0, 0.05) is 17.9 Å². The SMILES string of the molecule is N[C@@H]1C(=O)N2C(C(=O)O)=C(C=C3CCN(c4ccccc4F)C3=O)CS[C@H]12.O=C(O)C(F)(F)F. The van der Waals surface area contributed by atoms with Crippen LogP contribution in [-0.2, 0) is 19.2 Å². The number of amides is 2. The van der Waals surface area contributed by atoms with Crippen LogP contribution in [0, 0.1) is 5.82 Å². The van der Waals surface area contributed by atoms with Gasteiger partial charge in [0.05, 0.1) is 5.69 Å². The van der Waals surface area contributed by atoms with Gasteiger partial charge in [-0.05, 0) is 30.2 Å². The molecule has 3 aliphatic rings. The molecule has 2 amide bonds. The summed E-state index contributed by atoms with van der Waals surface area (Å²) in [5, 5.41) is 16.3. The van der Waals surface area contributed by atoms with E-state index >= 15 is 0 Å². The summed E-state index contributed by atoms with van der Waals surface area (Å²) >= 11 is 1.37. The molecule has 1 aromatic carbocycles. The summed E-state index contributed by atoms with van der Waals surface area (Å²) in [6.45, 7) is 0.310. The van der Waals surface area contributed by atoms with Crippen LogP contribution < -0.4 is 10.6 Å². The Hall–Kier alpha value is -3.39. The molecule has 2 fully saturated rings. The number of alkyl halides is 3. The Morgan fingerprint density at radius 1 is 1.18 bits per heavy atom. The zero-order valence-electron chi connectivity index (χ0n) is 17.1. The van der Waals surface area contributed by atoms with Gasteiger partial charge in [0.2, 0.25) is 5.91 Å². The number of nitrogens with zero attached hydrogens (tertiary/aromatic N) is 2. The van der Waals surface area contributed by atoms with Crippen molar-refractivity contribution in [3.05, 3.63) is 53.0 Å². The highest BCUT2D eigenvalue weighted by molar-refractivity contribution is 8.00. The monoisotopic (exact) mass is 503 g/mol. The van der Waals surface area contributed by atoms with Gasteiger partial charge in [0.15, 0.2) is 0 Å². The van der Waals surface area contributed by atoms with Crippen LogP contribution in [0.4, 0.5) is 23.2 Å². The van der Waals surface area contributed by atoms with E-state index < -0.39 is 35.9 Å². The third-order valence-electron chi connectivity index (χ3n) is 5.10. The van der Waals surface area contributed by atoms with E-state index in [2.05, 4.69) is 0 Å². The highest BCUT2D eigenvalue weighted by Crippen LogP contribution is 2.40. The van der Waals surface area contributed by atoms with Gasteiger partial charge >= 0.3 is 18.1 Å². The summed E-state index contributed by atoms with van der Waals surface area (Å²) in [5.74, 6) is -4.95. The van der Waals surface area contributed by atoms with Crippen LogP contribution in [0.15, 0.2) is 47.2 Å². The second-order valence-corrected chi connectivity index (χ2v) is 8.35. The molecular formula is C20H17F4N3O6S.